The van der Waals surface area contributed by atoms with Crippen molar-refractivity contribution in [1.82, 2.24) is 9.13 Å². The molecular weight excluding hydrogens is 421 g/mol. The molecule has 0 unspecified atom stereocenters. The molecule has 0 N–H and O–H groups in total. The molecule has 26 heavy (non-hydrogen) atoms. The summed E-state index contributed by atoms with van der Waals surface area (Å²) in [5.74, 6) is 0.573. The van der Waals surface area contributed by atoms with Gasteiger partial charge in [-0.05, 0) is 25.0 Å². The molecule has 0 saturated heterocycles. The Hall–Kier alpha value is -0.507. The first-order valence-corrected chi connectivity index (χ1v) is 11.6. The van der Waals surface area contributed by atoms with Crippen LogP contribution >= 0.6 is 0 Å². The molecule has 0 radical (unpaired) electrons. The van der Waals surface area contributed by atoms with Crippen LogP contribution < -0.4 is 21.7 Å². The summed E-state index contributed by atoms with van der Waals surface area (Å²) >= 11 is 0. The Morgan fingerprint density at radius 1 is 1.23 bits per heavy atom. The summed E-state index contributed by atoms with van der Waals surface area (Å²) in [6.07, 6.45) is 1.75. The van der Waals surface area contributed by atoms with Crippen LogP contribution in [-0.4, -0.2) is 59.6 Å². The maximum absolute atomic E-state index is 12.1. The number of hydrogen-bond acceptors (Lipinski definition) is 2. The molecule has 2 rings (SSSR count). The Morgan fingerprint density at radius 3 is 2.31 bits per heavy atom. The van der Waals surface area contributed by atoms with E-state index in [4.69, 9.17) is 4.74 Å². The zero-order chi connectivity index (χ0) is 18.1. The van der Waals surface area contributed by atoms with E-state index in [2.05, 4.69) is 50.4 Å². The maximum atomic E-state index is 12.1. The first-order chi connectivity index (χ1) is 11.1. The van der Waals surface area contributed by atoms with Crippen LogP contribution in [0.2, 0.25) is 18.1 Å². The van der Waals surface area contributed by atoms with Crippen molar-refractivity contribution in [3.63, 3.8) is 0 Å². The molecule has 0 spiro atoms. The third kappa shape index (κ3) is 5.05. The van der Waals surface area contributed by atoms with Crippen LogP contribution in [0.15, 0.2) is 24.4 Å². The fourth-order valence-electron chi connectivity index (χ4n) is 2.58. The van der Waals surface area contributed by atoms with Gasteiger partial charge in [-0.25, -0.2) is 4.79 Å². The molecule has 1 heterocycles. The second-order valence-electron chi connectivity index (χ2n) is 7.67. The van der Waals surface area contributed by atoms with E-state index >= 15 is 0 Å². The molecule has 0 aliphatic rings. The number of carbonyl (C=O) groups excluding carboxylic acids is 1. The molecule has 1 aromatic heterocycles. The first kappa shape index (κ1) is 25.5. The van der Waals surface area contributed by atoms with Crippen molar-refractivity contribution in [1.29, 1.82) is 0 Å². The summed E-state index contributed by atoms with van der Waals surface area (Å²) in [7, 11) is -1.70. The van der Waals surface area contributed by atoms with Gasteiger partial charge in [-0.2, -0.15) is 11.5 Å². The minimum Gasteiger partial charge on any atom is -1.00 e. The van der Waals surface area contributed by atoms with Crippen LogP contribution in [0.1, 0.15) is 34.6 Å². The van der Waals surface area contributed by atoms with Crippen LogP contribution in [0, 0.1) is 6.07 Å². The van der Waals surface area contributed by atoms with Crippen LogP contribution in [0.25, 0.3) is 10.9 Å². The van der Waals surface area contributed by atoms with Gasteiger partial charge in [0.05, 0.1) is 5.75 Å². The normalized spacial score (nSPS) is 11.5. The Bertz CT molecular complexity index is 737. The van der Waals surface area contributed by atoms with Crippen molar-refractivity contribution in [3.8, 4) is 5.75 Å². The van der Waals surface area contributed by atoms with Crippen molar-refractivity contribution in [3.05, 3.63) is 30.5 Å². The molecule has 0 saturated carbocycles. The fraction of sp³-hybridized carbons (Fsp3) is 0.526. The van der Waals surface area contributed by atoms with Crippen molar-refractivity contribution in [2.75, 3.05) is 13.1 Å². The molecule has 1 aromatic carbocycles. The van der Waals surface area contributed by atoms with E-state index in [1.165, 1.54) is 0 Å². The standard InChI is InChI=1S/C19H29N2O2Si.BrH.Mg/c1-8-20(9-2)18(22)23-16-10-11-17-15(14-16)12-13-21(17)24(6,7)19(3,4)5;;/h10-11,13-14H,8-9H2,1-7H3;1H;/q-1;;+2/p-1. The third-order valence-electron chi connectivity index (χ3n) is 5.24. The predicted molar refractivity (Wildman–Crippen MR) is 108 cm³/mol. The quantitative estimate of drug-likeness (QED) is 0.527. The van der Waals surface area contributed by atoms with Crippen molar-refractivity contribution in [2.45, 2.75) is 52.8 Å². The molecule has 0 fully saturated rings. The minimum atomic E-state index is -1.70. The molecule has 2 aromatic rings. The smallest absolute Gasteiger partial charge is 1.00 e. The van der Waals surface area contributed by atoms with Crippen LogP contribution in [-0.2, 0) is 0 Å². The largest absolute Gasteiger partial charge is 2.00 e. The SMILES string of the molecule is CCN(CC)C(=O)Oc1ccc2c([c-]cn2[Si](C)(C)C(C)(C)C)c1.[Br-].[Mg+2]. The summed E-state index contributed by atoms with van der Waals surface area (Å²) in [6, 6.07) is 9.15. The van der Waals surface area contributed by atoms with Gasteiger partial charge in [0.25, 0.3) is 0 Å². The van der Waals surface area contributed by atoms with Gasteiger partial charge in [0.2, 0.25) is 0 Å². The number of aromatic nitrogens is 1. The molecule has 0 atom stereocenters. The average Bonchev–Trinajstić information content (AvgIpc) is 2.91. The number of fused-ring (bicyclic) bond motifs is 1. The van der Waals surface area contributed by atoms with E-state index in [-0.39, 0.29) is 51.2 Å². The van der Waals surface area contributed by atoms with Crippen LogP contribution in [0.5, 0.6) is 5.75 Å². The second-order valence-corrected chi connectivity index (χ2v) is 12.8. The maximum Gasteiger partial charge on any atom is 2.00 e. The van der Waals surface area contributed by atoms with E-state index in [9.17, 15) is 4.79 Å². The summed E-state index contributed by atoms with van der Waals surface area (Å²) < 4.78 is 7.88. The molecule has 0 aliphatic carbocycles. The molecular formula is C19H29BrMgN2O2Si. The van der Waals surface area contributed by atoms with Gasteiger partial charge in [-0.15, -0.1) is 6.07 Å². The van der Waals surface area contributed by atoms with Gasteiger partial charge in [-0.1, -0.05) is 51.6 Å². The van der Waals surface area contributed by atoms with Crippen molar-refractivity contribution < 1.29 is 26.5 Å². The van der Waals surface area contributed by atoms with Gasteiger partial charge in [0.1, 0.15) is 8.24 Å². The van der Waals surface area contributed by atoms with Crippen LogP contribution in [0.4, 0.5) is 4.79 Å². The van der Waals surface area contributed by atoms with Gasteiger partial charge < -0.3 is 30.9 Å². The summed E-state index contributed by atoms with van der Waals surface area (Å²) in [6.45, 7) is 16.8. The number of rotatable bonds is 4. The van der Waals surface area contributed by atoms with Gasteiger partial charge in [0.15, 0.2) is 0 Å². The van der Waals surface area contributed by atoms with E-state index in [0.29, 0.717) is 18.8 Å². The topological polar surface area (TPSA) is 34.5 Å². The van der Waals surface area contributed by atoms with Gasteiger partial charge in [-0.3, -0.25) is 0 Å². The van der Waals surface area contributed by atoms with E-state index in [1.807, 2.05) is 32.0 Å². The van der Waals surface area contributed by atoms with Crippen LogP contribution in [0.3, 0.4) is 0 Å². The number of ether oxygens (including phenoxy) is 1. The predicted octanol–water partition coefficient (Wildman–Crippen LogP) is 1.76. The Balaban J connectivity index is 0.00000312. The molecule has 1 amide bonds. The van der Waals surface area contributed by atoms with Gasteiger partial charge >= 0.3 is 29.1 Å². The fourth-order valence-corrected chi connectivity index (χ4v) is 4.49. The van der Waals surface area contributed by atoms with Gasteiger partial charge in [0, 0.05) is 13.1 Å². The van der Waals surface area contributed by atoms with Crippen molar-refractivity contribution >= 4 is 48.3 Å². The Morgan fingerprint density at radius 2 is 1.81 bits per heavy atom. The third-order valence-corrected chi connectivity index (χ3v) is 10.5. The number of halogens is 1. The molecule has 7 heteroatoms. The summed E-state index contributed by atoms with van der Waals surface area (Å²) in [5, 5.41) is 1.23. The zero-order valence-corrected chi connectivity index (χ0v) is 21.0. The Kier molecular flexibility index (Phi) is 9.43. The Labute approximate surface area is 185 Å². The molecule has 0 aliphatic heterocycles. The number of benzene rings is 1. The summed E-state index contributed by atoms with van der Waals surface area (Å²) in [5.41, 5.74) is 1.16. The summed E-state index contributed by atoms with van der Waals surface area (Å²) in [4.78, 5) is 13.8. The van der Waals surface area contributed by atoms with Crippen molar-refractivity contribution in [2.24, 2.45) is 0 Å². The second kappa shape index (κ2) is 9.62. The monoisotopic (exact) mass is 448 g/mol. The number of nitrogens with zero attached hydrogens (tertiary/aromatic N) is 2. The molecule has 0 bridgehead atoms. The number of hydrogen-bond donors (Lipinski definition) is 0. The number of carbonyl (C=O) groups is 1. The first-order valence-electron chi connectivity index (χ1n) is 8.61. The number of amides is 1. The average molecular weight is 450 g/mol. The zero-order valence-electron chi connectivity index (χ0n) is 17.0. The van der Waals surface area contributed by atoms with E-state index < -0.39 is 8.24 Å². The van der Waals surface area contributed by atoms with E-state index in [0.717, 1.165) is 10.9 Å². The van der Waals surface area contributed by atoms with E-state index in [1.54, 1.807) is 4.90 Å². The molecule has 140 valence electrons. The molecule has 4 nitrogen and oxygen atoms in total. The minimum absolute atomic E-state index is 0.